The Morgan fingerprint density at radius 1 is 1.00 bits per heavy atom. The van der Waals surface area contributed by atoms with Crippen LogP contribution in [0.2, 0.25) is 0 Å². The number of rotatable bonds is 9. The second-order valence-corrected chi connectivity index (χ2v) is 10.1. The Balaban J connectivity index is 1.66. The molecule has 4 rings (SSSR count). The molecule has 0 saturated carbocycles. The number of H-pyrrole nitrogens is 1. The summed E-state index contributed by atoms with van der Waals surface area (Å²) in [5.74, 6) is -0.498. The van der Waals surface area contributed by atoms with Crippen molar-refractivity contribution in [1.82, 2.24) is 10.3 Å². The molecule has 0 bridgehead atoms. The molecule has 0 aliphatic rings. The largest absolute Gasteiger partial charge is 0.361 e. The van der Waals surface area contributed by atoms with Gasteiger partial charge in [0.05, 0.1) is 5.69 Å². The number of nitrogens with zero attached hydrogens (tertiary/aromatic N) is 1. The average Bonchev–Trinajstić information content (AvgIpc) is 3.22. The van der Waals surface area contributed by atoms with Crippen molar-refractivity contribution in [2.45, 2.75) is 18.9 Å². The Bertz CT molecular complexity index is 1370. The Morgan fingerprint density at radius 2 is 1.68 bits per heavy atom. The van der Waals surface area contributed by atoms with Crippen LogP contribution < -0.4 is 9.62 Å². The molecule has 9 heteroatoms. The maximum absolute atomic E-state index is 13.4. The van der Waals surface area contributed by atoms with Gasteiger partial charge in [-0.1, -0.05) is 64.5 Å². The zero-order chi connectivity index (χ0) is 24.1. The molecule has 0 aliphatic carbocycles. The third-order valence-electron chi connectivity index (χ3n) is 5.56. The van der Waals surface area contributed by atoms with Crippen LogP contribution in [0.4, 0.5) is 5.69 Å². The first-order chi connectivity index (χ1) is 16.3. The topological polar surface area (TPSA) is 103 Å². The molecule has 4 aromatic rings. The molecule has 1 heterocycles. The van der Waals surface area contributed by atoms with Gasteiger partial charge in [-0.05, 0) is 47.9 Å². The lowest BCUT2D eigenvalue weighted by molar-refractivity contribution is -0.122. The van der Waals surface area contributed by atoms with E-state index in [1.54, 1.807) is 18.3 Å². The first-order valence-electron chi connectivity index (χ1n) is 10.7. The number of aromatic amines is 1. The molecule has 3 aromatic carbocycles. The molecule has 0 radical (unpaired) electrons. The third-order valence-corrected chi connectivity index (χ3v) is 7.05. The van der Waals surface area contributed by atoms with E-state index in [9.17, 15) is 17.8 Å². The summed E-state index contributed by atoms with van der Waals surface area (Å²) in [6, 6.07) is 22.5. The predicted octanol–water partition coefficient (Wildman–Crippen LogP) is 4.51. The van der Waals surface area contributed by atoms with E-state index in [0.29, 0.717) is 13.0 Å². The minimum Gasteiger partial charge on any atom is -0.361 e. The van der Waals surface area contributed by atoms with Gasteiger partial charge in [-0.15, -0.1) is 0 Å². The fourth-order valence-electron chi connectivity index (χ4n) is 3.95. The van der Waals surface area contributed by atoms with Gasteiger partial charge in [-0.25, -0.2) is 4.31 Å². The van der Waals surface area contributed by atoms with Gasteiger partial charge in [0.2, 0.25) is 5.91 Å². The molecule has 1 aromatic heterocycles. The summed E-state index contributed by atoms with van der Waals surface area (Å²) in [6.45, 7) is 0.326. The van der Waals surface area contributed by atoms with E-state index in [-0.39, 0.29) is 12.1 Å². The van der Waals surface area contributed by atoms with Crippen LogP contribution in [-0.2, 0) is 27.9 Å². The minimum absolute atomic E-state index is 0.0665. The number of hydrogen-bond donors (Lipinski definition) is 3. The number of hydrogen-bond acceptors (Lipinski definition) is 3. The van der Waals surface area contributed by atoms with Crippen molar-refractivity contribution < 1.29 is 17.8 Å². The van der Waals surface area contributed by atoms with E-state index in [1.165, 1.54) is 12.1 Å². The molecule has 0 unspecified atom stereocenters. The number of halogens is 1. The Hall–Kier alpha value is -3.14. The SMILES string of the molecule is O=C(NCCc1ccccc1)[C@H](Cc1c[nH]c2ccccc12)N(c1ccc(Br)cc1)S(=O)(=O)O. The summed E-state index contributed by atoms with van der Waals surface area (Å²) in [5, 5.41) is 3.73. The molecule has 0 spiro atoms. The van der Waals surface area contributed by atoms with Crippen LogP contribution in [0.25, 0.3) is 10.9 Å². The van der Waals surface area contributed by atoms with Crippen LogP contribution >= 0.6 is 15.9 Å². The molecular formula is C25H24BrN3O4S. The highest BCUT2D eigenvalue weighted by Crippen LogP contribution is 2.27. The lowest BCUT2D eigenvalue weighted by Gasteiger charge is -2.29. The maximum Gasteiger partial charge on any atom is 0.360 e. The van der Waals surface area contributed by atoms with Crippen molar-refractivity contribution in [1.29, 1.82) is 0 Å². The summed E-state index contributed by atoms with van der Waals surface area (Å²) in [4.78, 5) is 16.5. The van der Waals surface area contributed by atoms with E-state index < -0.39 is 22.3 Å². The standard InChI is InChI=1S/C25H24BrN3O4S/c26-20-10-12-21(13-11-20)29(34(31,32)33)24(16-19-17-28-23-9-5-4-8-22(19)23)25(30)27-15-14-18-6-2-1-3-7-18/h1-13,17,24,28H,14-16H2,(H,27,30)(H,31,32,33)/t24-/m0/s1. The quantitative estimate of drug-likeness (QED) is 0.271. The van der Waals surface area contributed by atoms with Crippen LogP contribution in [0.15, 0.2) is 89.5 Å². The van der Waals surface area contributed by atoms with E-state index in [4.69, 9.17) is 0 Å². The van der Waals surface area contributed by atoms with Gasteiger partial charge in [0, 0.05) is 34.5 Å². The number of anilines is 1. The highest BCUT2D eigenvalue weighted by atomic mass is 79.9. The Morgan fingerprint density at radius 3 is 2.38 bits per heavy atom. The molecule has 176 valence electrons. The lowest BCUT2D eigenvalue weighted by atomic mass is 10.0. The fraction of sp³-hybridized carbons (Fsp3) is 0.160. The van der Waals surface area contributed by atoms with Crippen molar-refractivity contribution in [3.8, 4) is 0 Å². The Labute approximate surface area is 206 Å². The van der Waals surface area contributed by atoms with Gasteiger partial charge in [0.1, 0.15) is 6.04 Å². The summed E-state index contributed by atoms with van der Waals surface area (Å²) in [5.41, 5.74) is 2.89. The molecule has 1 amide bonds. The van der Waals surface area contributed by atoms with Crippen LogP contribution in [0.5, 0.6) is 0 Å². The minimum atomic E-state index is -4.76. The van der Waals surface area contributed by atoms with Crippen molar-refractivity contribution in [3.05, 3.63) is 101 Å². The summed E-state index contributed by atoms with van der Waals surface area (Å²) >= 11 is 3.33. The molecule has 3 N–H and O–H groups in total. The number of fused-ring (bicyclic) bond motifs is 1. The fourth-order valence-corrected chi connectivity index (χ4v) is 5.09. The number of carbonyl (C=O) groups is 1. The summed E-state index contributed by atoms with van der Waals surface area (Å²) in [6.07, 6.45) is 2.42. The van der Waals surface area contributed by atoms with Crippen LogP contribution in [0.3, 0.4) is 0 Å². The van der Waals surface area contributed by atoms with Crippen molar-refractivity contribution in [2.75, 3.05) is 10.8 Å². The number of benzene rings is 3. The maximum atomic E-state index is 13.4. The second kappa shape index (κ2) is 10.4. The van der Waals surface area contributed by atoms with Gasteiger partial charge >= 0.3 is 10.3 Å². The zero-order valence-electron chi connectivity index (χ0n) is 18.2. The normalized spacial score (nSPS) is 12.4. The van der Waals surface area contributed by atoms with Gasteiger partial charge in [0.25, 0.3) is 0 Å². The van der Waals surface area contributed by atoms with Gasteiger partial charge in [0.15, 0.2) is 0 Å². The first kappa shape index (κ1) is 24.0. The van der Waals surface area contributed by atoms with E-state index >= 15 is 0 Å². The number of para-hydroxylation sites is 1. The van der Waals surface area contributed by atoms with E-state index in [1.807, 2.05) is 54.6 Å². The number of carbonyl (C=O) groups excluding carboxylic acids is 1. The van der Waals surface area contributed by atoms with Gasteiger partial charge in [-0.2, -0.15) is 8.42 Å². The zero-order valence-corrected chi connectivity index (χ0v) is 20.6. The van der Waals surface area contributed by atoms with Crippen molar-refractivity contribution in [3.63, 3.8) is 0 Å². The Kier molecular flexibility index (Phi) is 7.35. The monoisotopic (exact) mass is 541 g/mol. The number of nitrogens with one attached hydrogen (secondary N) is 2. The highest BCUT2D eigenvalue weighted by molar-refractivity contribution is 9.10. The second-order valence-electron chi connectivity index (χ2n) is 7.86. The van der Waals surface area contributed by atoms with Crippen LogP contribution in [-0.4, -0.2) is 36.4 Å². The number of aromatic nitrogens is 1. The van der Waals surface area contributed by atoms with Crippen LogP contribution in [0, 0.1) is 0 Å². The van der Waals surface area contributed by atoms with Gasteiger partial charge < -0.3 is 10.3 Å². The van der Waals surface area contributed by atoms with Gasteiger partial charge in [-0.3, -0.25) is 9.35 Å². The molecule has 0 saturated heterocycles. The smallest absolute Gasteiger partial charge is 0.360 e. The number of amides is 1. The molecule has 0 fully saturated rings. The first-order valence-corrected chi connectivity index (χ1v) is 12.9. The van der Waals surface area contributed by atoms with Crippen molar-refractivity contribution in [2.24, 2.45) is 0 Å². The molecule has 7 nitrogen and oxygen atoms in total. The summed E-state index contributed by atoms with van der Waals surface area (Å²) < 4.78 is 36.7. The molecule has 34 heavy (non-hydrogen) atoms. The lowest BCUT2D eigenvalue weighted by Crippen LogP contribution is -2.51. The van der Waals surface area contributed by atoms with Crippen molar-refractivity contribution >= 4 is 48.7 Å². The predicted molar refractivity (Wildman–Crippen MR) is 137 cm³/mol. The summed E-state index contributed by atoms with van der Waals surface area (Å²) in [7, 11) is -4.76. The highest BCUT2D eigenvalue weighted by Gasteiger charge is 2.35. The molecule has 1 atom stereocenters. The van der Waals surface area contributed by atoms with E-state index in [2.05, 4.69) is 26.2 Å². The molecule has 0 aliphatic heterocycles. The molecular weight excluding hydrogens is 518 g/mol. The average molecular weight is 542 g/mol. The van der Waals surface area contributed by atoms with Crippen LogP contribution in [0.1, 0.15) is 11.1 Å². The third kappa shape index (κ3) is 5.67. The van der Waals surface area contributed by atoms with E-state index in [0.717, 1.165) is 30.8 Å².